The van der Waals surface area contributed by atoms with Crippen molar-refractivity contribution in [3.63, 3.8) is 0 Å². The molecule has 1 fully saturated rings. The molecule has 1 heterocycles. The van der Waals surface area contributed by atoms with Gasteiger partial charge in [-0.05, 0) is 38.4 Å². The van der Waals surface area contributed by atoms with Gasteiger partial charge in [-0.2, -0.15) is 0 Å². The summed E-state index contributed by atoms with van der Waals surface area (Å²) in [5.41, 5.74) is 0.878. The minimum atomic E-state index is -0.547. The van der Waals surface area contributed by atoms with Gasteiger partial charge >= 0.3 is 0 Å². The Kier molecular flexibility index (Phi) is 6.34. The molecule has 1 amide bonds. The summed E-state index contributed by atoms with van der Waals surface area (Å²) < 4.78 is 0. The molecule has 0 saturated carbocycles. The number of nitrogens with one attached hydrogen (secondary N) is 1. The topological polar surface area (TPSA) is 78.7 Å². The lowest BCUT2D eigenvalue weighted by atomic mass is 9.94. The quantitative estimate of drug-likeness (QED) is 0.358. The largest absolute Gasteiger partial charge is 0.346 e. The average molecular weight is 332 g/mol. The number of rotatable bonds is 6. The number of hydrazine groups is 1. The van der Waals surface area contributed by atoms with Crippen molar-refractivity contribution in [2.75, 3.05) is 25.6 Å². The second-order valence-corrected chi connectivity index (χ2v) is 6.58. The Morgan fingerprint density at radius 1 is 1.38 bits per heavy atom. The van der Waals surface area contributed by atoms with Crippen molar-refractivity contribution in [3.8, 4) is 0 Å². The van der Waals surface area contributed by atoms with Crippen molar-refractivity contribution < 1.29 is 9.59 Å². The number of ketones is 1. The van der Waals surface area contributed by atoms with Gasteiger partial charge in [-0.3, -0.25) is 9.59 Å². The molecule has 2 unspecified atom stereocenters. The van der Waals surface area contributed by atoms with Crippen LogP contribution < -0.4 is 16.2 Å². The van der Waals surface area contributed by atoms with Gasteiger partial charge in [0.1, 0.15) is 0 Å². The van der Waals surface area contributed by atoms with E-state index in [4.69, 9.17) is 5.84 Å². The summed E-state index contributed by atoms with van der Waals surface area (Å²) in [6, 6.07) is 7.41. The van der Waals surface area contributed by atoms with Gasteiger partial charge in [-0.25, -0.2) is 5.84 Å². The first kappa shape index (κ1) is 18.4. The number of likely N-dealkylation sites (tertiary alicyclic amines) is 1. The number of para-hydroxylation sites is 1. The van der Waals surface area contributed by atoms with Crippen LogP contribution in [0.25, 0.3) is 0 Å². The zero-order valence-corrected chi connectivity index (χ0v) is 14.8. The number of carbonyl (C=O) groups excluding carboxylic acids is 2. The number of hydrogen-bond donors (Lipinski definition) is 2. The predicted octanol–water partition coefficient (Wildman–Crippen LogP) is 1.56. The summed E-state index contributed by atoms with van der Waals surface area (Å²) in [6.45, 7) is 3.10. The Morgan fingerprint density at radius 3 is 2.75 bits per heavy atom. The summed E-state index contributed by atoms with van der Waals surface area (Å²) in [4.78, 5) is 27.2. The molecule has 1 aromatic carbocycles. The molecule has 2 atom stereocenters. The number of nitrogens with zero attached hydrogens (tertiary/aromatic N) is 2. The van der Waals surface area contributed by atoms with Gasteiger partial charge in [0.25, 0.3) is 11.7 Å². The van der Waals surface area contributed by atoms with Crippen LogP contribution in [0.2, 0.25) is 0 Å². The van der Waals surface area contributed by atoms with E-state index in [9.17, 15) is 9.59 Å². The van der Waals surface area contributed by atoms with Gasteiger partial charge in [-0.1, -0.05) is 25.5 Å². The molecule has 0 radical (unpaired) electrons. The first-order valence-corrected chi connectivity index (χ1v) is 8.57. The van der Waals surface area contributed by atoms with Crippen LogP contribution in [0.3, 0.4) is 0 Å². The number of carbonyl (C=O) groups is 2. The fourth-order valence-electron chi connectivity index (χ4n) is 3.32. The van der Waals surface area contributed by atoms with Gasteiger partial charge in [0.15, 0.2) is 0 Å². The van der Waals surface area contributed by atoms with E-state index >= 15 is 0 Å². The Hall–Kier alpha value is -1.92. The van der Waals surface area contributed by atoms with Crippen LogP contribution in [-0.4, -0.2) is 49.3 Å². The van der Waals surface area contributed by atoms with Crippen molar-refractivity contribution in [2.24, 2.45) is 5.84 Å². The number of amides is 1. The van der Waals surface area contributed by atoms with E-state index in [0.29, 0.717) is 17.3 Å². The summed E-state index contributed by atoms with van der Waals surface area (Å²) in [5, 5.41) is 4.27. The molecule has 1 aromatic rings. The Morgan fingerprint density at radius 2 is 2.08 bits per heavy atom. The van der Waals surface area contributed by atoms with Crippen molar-refractivity contribution in [3.05, 3.63) is 29.8 Å². The summed E-state index contributed by atoms with van der Waals surface area (Å²) >= 11 is 0. The summed E-state index contributed by atoms with van der Waals surface area (Å²) in [6.07, 6.45) is 3.98. The fourth-order valence-corrected chi connectivity index (χ4v) is 3.32. The molecule has 132 valence electrons. The molecule has 0 spiro atoms. The molecule has 3 N–H and O–H groups in total. The van der Waals surface area contributed by atoms with Crippen LogP contribution >= 0.6 is 0 Å². The van der Waals surface area contributed by atoms with Crippen LogP contribution in [0.4, 0.5) is 5.69 Å². The number of piperidine rings is 1. The molecule has 1 aliphatic heterocycles. The van der Waals surface area contributed by atoms with E-state index in [0.717, 1.165) is 32.2 Å². The third-order valence-corrected chi connectivity index (χ3v) is 4.70. The van der Waals surface area contributed by atoms with Gasteiger partial charge < -0.3 is 15.2 Å². The molecule has 6 nitrogen and oxygen atoms in total. The fraction of sp³-hybridized carbons (Fsp3) is 0.556. The monoisotopic (exact) mass is 332 g/mol. The van der Waals surface area contributed by atoms with Crippen molar-refractivity contribution in [1.82, 2.24) is 10.2 Å². The third-order valence-electron chi connectivity index (χ3n) is 4.70. The predicted molar refractivity (Wildman–Crippen MR) is 95.9 cm³/mol. The minimum absolute atomic E-state index is 0.0527. The molecular formula is C18H28N4O2. The number of hydrogen-bond acceptors (Lipinski definition) is 5. The number of benzene rings is 1. The van der Waals surface area contributed by atoms with E-state index in [1.807, 2.05) is 0 Å². The number of Topliss-reactive ketones (excluding diaryl/α,β-unsaturated/α-hetero) is 1. The van der Waals surface area contributed by atoms with Crippen LogP contribution in [0.15, 0.2) is 24.3 Å². The highest BCUT2D eigenvalue weighted by Gasteiger charge is 2.29. The standard InChI is InChI=1S/C18H28N4O2/c1-4-7-14-12-13(10-11-21(14)2)20-18(24)17(23)15-8-5-6-9-16(15)22(3)19/h5-6,8-9,13-14H,4,7,10-12,19H2,1-3H3,(H,20,24). The minimum Gasteiger partial charge on any atom is -0.346 e. The Labute approximate surface area is 144 Å². The van der Waals surface area contributed by atoms with Crippen LogP contribution in [0.1, 0.15) is 43.0 Å². The lowest BCUT2D eigenvalue weighted by molar-refractivity contribution is -0.118. The summed E-state index contributed by atoms with van der Waals surface area (Å²) in [5.74, 6) is 4.67. The van der Waals surface area contributed by atoms with E-state index < -0.39 is 11.7 Å². The molecule has 6 heteroatoms. The van der Waals surface area contributed by atoms with Gasteiger partial charge in [0, 0.05) is 25.7 Å². The SMILES string of the molecule is CCCC1CC(NC(=O)C(=O)c2ccccc2N(C)N)CCN1C. The van der Waals surface area contributed by atoms with E-state index in [1.165, 1.54) is 5.01 Å². The Balaban J connectivity index is 2.03. The highest BCUT2D eigenvalue weighted by Crippen LogP contribution is 2.21. The third kappa shape index (κ3) is 4.33. The maximum atomic E-state index is 12.5. The molecule has 1 saturated heterocycles. The van der Waals surface area contributed by atoms with E-state index in [1.54, 1.807) is 31.3 Å². The first-order chi connectivity index (χ1) is 11.4. The summed E-state index contributed by atoms with van der Waals surface area (Å²) in [7, 11) is 3.77. The van der Waals surface area contributed by atoms with Crippen molar-refractivity contribution >= 4 is 17.4 Å². The van der Waals surface area contributed by atoms with Crippen molar-refractivity contribution in [1.29, 1.82) is 0 Å². The zero-order chi connectivity index (χ0) is 17.7. The van der Waals surface area contributed by atoms with Crippen LogP contribution in [0, 0.1) is 0 Å². The number of anilines is 1. The highest BCUT2D eigenvalue weighted by molar-refractivity contribution is 6.44. The molecule has 0 aromatic heterocycles. The molecule has 0 aliphatic carbocycles. The van der Waals surface area contributed by atoms with E-state index in [-0.39, 0.29) is 6.04 Å². The lowest BCUT2D eigenvalue weighted by Crippen LogP contribution is -2.49. The highest BCUT2D eigenvalue weighted by atomic mass is 16.2. The number of nitrogens with two attached hydrogens (primary N) is 1. The first-order valence-electron chi connectivity index (χ1n) is 8.57. The maximum absolute atomic E-state index is 12.5. The molecule has 24 heavy (non-hydrogen) atoms. The molecule has 0 bridgehead atoms. The molecular weight excluding hydrogens is 304 g/mol. The second-order valence-electron chi connectivity index (χ2n) is 6.58. The average Bonchev–Trinajstić information content (AvgIpc) is 2.57. The van der Waals surface area contributed by atoms with Gasteiger partial charge in [0.2, 0.25) is 0 Å². The van der Waals surface area contributed by atoms with Gasteiger partial charge in [0.05, 0.1) is 11.3 Å². The second kappa shape index (κ2) is 8.26. The van der Waals surface area contributed by atoms with Crippen LogP contribution in [0.5, 0.6) is 0 Å². The molecule has 1 aliphatic rings. The normalized spacial score (nSPS) is 21.3. The Bertz CT molecular complexity index is 588. The maximum Gasteiger partial charge on any atom is 0.292 e. The smallest absolute Gasteiger partial charge is 0.292 e. The lowest BCUT2D eigenvalue weighted by Gasteiger charge is -2.37. The van der Waals surface area contributed by atoms with Crippen molar-refractivity contribution in [2.45, 2.75) is 44.7 Å². The zero-order valence-electron chi connectivity index (χ0n) is 14.8. The molecule has 2 rings (SSSR count). The van der Waals surface area contributed by atoms with Crippen LogP contribution in [-0.2, 0) is 4.79 Å². The van der Waals surface area contributed by atoms with E-state index in [2.05, 4.69) is 24.2 Å². The van der Waals surface area contributed by atoms with Gasteiger partial charge in [-0.15, -0.1) is 0 Å².